The minimum absolute atomic E-state index is 0.0435. The highest BCUT2D eigenvalue weighted by atomic mass is 16.7. The van der Waals surface area contributed by atoms with Gasteiger partial charge < -0.3 is 14.2 Å². The molecule has 0 aromatic heterocycles. The molecule has 0 saturated heterocycles. The first-order valence-electron chi connectivity index (χ1n) is 12.9. The van der Waals surface area contributed by atoms with Gasteiger partial charge in [0, 0.05) is 31.0 Å². The number of carbonyl (C=O) groups is 1. The fourth-order valence-corrected chi connectivity index (χ4v) is 5.86. The van der Waals surface area contributed by atoms with E-state index in [1.165, 1.54) is 76.2 Å². The summed E-state index contributed by atoms with van der Waals surface area (Å²) in [6.07, 6.45) is 16.8. The highest BCUT2D eigenvalue weighted by Gasteiger charge is 2.35. The van der Waals surface area contributed by atoms with Crippen molar-refractivity contribution in [2.45, 2.75) is 95.9 Å². The number of ether oxygens (including phenoxy) is 3. The molecule has 2 heterocycles. The molecule has 178 valence electrons. The maximum Gasteiger partial charge on any atom is 0.231 e. The average molecular weight is 444 g/mol. The number of methoxy groups -OCH3 is 1. The summed E-state index contributed by atoms with van der Waals surface area (Å²) in [5.74, 6) is 3.16. The summed E-state index contributed by atoms with van der Waals surface area (Å²) in [7, 11) is 3.82. The Bertz CT molecular complexity index is 765. The lowest BCUT2D eigenvalue weighted by Crippen LogP contribution is -2.34. The molecule has 0 N–H and O–H groups in total. The van der Waals surface area contributed by atoms with Crippen molar-refractivity contribution in [3.63, 3.8) is 0 Å². The van der Waals surface area contributed by atoms with Gasteiger partial charge in [0.25, 0.3) is 0 Å². The van der Waals surface area contributed by atoms with Gasteiger partial charge in [0.15, 0.2) is 11.5 Å². The van der Waals surface area contributed by atoms with Gasteiger partial charge in [0.2, 0.25) is 12.5 Å². The number of hydrogen-bond acceptors (Lipinski definition) is 5. The maximum absolute atomic E-state index is 13.3. The number of rotatable bonds is 5. The predicted octanol–water partition coefficient (Wildman–Crippen LogP) is 6.22. The van der Waals surface area contributed by atoms with Gasteiger partial charge in [-0.2, -0.15) is 0 Å². The Kier molecular flexibility index (Phi) is 8.34. The van der Waals surface area contributed by atoms with Gasteiger partial charge in [-0.15, -0.1) is 0 Å². The van der Waals surface area contributed by atoms with Crippen molar-refractivity contribution in [3.8, 4) is 17.2 Å². The van der Waals surface area contributed by atoms with E-state index in [1.807, 2.05) is 0 Å². The van der Waals surface area contributed by atoms with Crippen molar-refractivity contribution < 1.29 is 19.0 Å². The zero-order chi connectivity index (χ0) is 22.3. The average Bonchev–Trinajstić information content (AvgIpc) is 3.24. The summed E-state index contributed by atoms with van der Waals surface area (Å²) in [4.78, 5) is 15.6. The molecule has 32 heavy (non-hydrogen) atoms. The SMILES string of the molecule is COc1c2c(cc3c1[C@H](CC(=O)CC1CCCCCCCCCCC1)N(C)CC3)OCO2. The van der Waals surface area contributed by atoms with Crippen LogP contribution in [0, 0.1) is 5.92 Å². The van der Waals surface area contributed by atoms with E-state index >= 15 is 0 Å². The molecular formula is C27H41NO4. The predicted molar refractivity (Wildman–Crippen MR) is 127 cm³/mol. The van der Waals surface area contributed by atoms with Crippen LogP contribution in [-0.4, -0.2) is 38.2 Å². The van der Waals surface area contributed by atoms with Crippen LogP contribution in [0.15, 0.2) is 6.07 Å². The summed E-state index contributed by atoms with van der Waals surface area (Å²) >= 11 is 0. The molecule has 1 saturated carbocycles. The Morgan fingerprint density at radius 1 is 1.00 bits per heavy atom. The molecule has 2 aliphatic heterocycles. The van der Waals surface area contributed by atoms with Crippen LogP contribution in [0.5, 0.6) is 17.2 Å². The third-order valence-corrected chi connectivity index (χ3v) is 7.71. The molecular weight excluding hydrogens is 402 g/mol. The van der Waals surface area contributed by atoms with Crippen LogP contribution in [0.25, 0.3) is 0 Å². The number of hydrogen-bond donors (Lipinski definition) is 0. The number of carbonyl (C=O) groups excluding carboxylic acids is 1. The van der Waals surface area contributed by atoms with E-state index in [0.29, 0.717) is 23.9 Å². The van der Waals surface area contributed by atoms with Crippen molar-refractivity contribution in [2.24, 2.45) is 5.92 Å². The number of benzene rings is 1. The largest absolute Gasteiger partial charge is 0.492 e. The normalized spacial score (nSPS) is 23.1. The second-order valence-corrected chi connectivity index (χ2v) is 10.0. The van der Waals surface area contributed by atoms with E-state index in [9.17, 15) is 4.79 Å². The minimum Gasteiger partial charge on any atom is -0.492 e. The minimum atomic E-state index is 0.0435. The Hall–Kier alpha value is -1.75. The molecule has 1 atom stereocenters. The van der Waals surface area contributed by atoms with E-state index in [2.05, 4.69) is 18.0 Å². The Balaban J connectivity index is 1.44. The number of Topliss-reactive ketones (excluding diaryl/α,β-unsaturated/α-hetero) is 1. The summed E-state index contributed by atoms with van der Waals surface area (Å²) in [6, 6.07) is 2.14. The zero-order valence-electron chi connectivity index (χ0n) is 20.1. The summed E-state index contributed by atoms with van der Waals surface area (Å²) in [5, 5.41) is 0. The Labute approximate surface area is 193 Å². The standard InChI is InChI=1S/C27H41NO4/c1-28-15-14-21-17-24-26(32-19-31-24)27(30-2)25(21)23(28)18-22(29)16-20-12-10-8-6-4-3-5-7-9-11-13-20/h17,20,23H,3-16,18-19H2,1-2H3/t23-/m0/s1. The third kappa shape index (κ3) is 5.59. The Morgan fingerprint density at radius 3 is 2.31 bits per heavy atom. The molecule has 5 nitrogen and oxygen atoms in total. The molecule has 0 spiro atoms. The molecule has 0 bridgehead atoms. The molecule has 3 aliphatic rings. The van der Waals surface area contributed by atoms with Crippen LogP contribution in [-0.2, 0) is 11.2 Å². The van der Waals surface area contributed by atoms with Crippen LogP contribution in [0.4, 0.5) is 0 Å². The van der Waals surface area contributed by atoms with Gasteiger partial charge in [-0.3, -0.25) is 9.69 Å². The van der Waals surface area contributed by atoms with Gasteiger partial charge in [-0.05, 0) is 31.0 Å². The number of ketones is 1. The molecule has 0 amide bonds. The van der Waals surface area contributed by atoms with E-state index in [1.54, 1.807) is 7.11 Å². The highest BCUT2D eigenvalue weighted by Crippen LogP contribution is 2.50. The zero-order valence-corrected chi connectivity index (χ0v) is 20.1. The van der Waals surface area contributed by atoms with Crippen molar-refractivity contribution in [1.29, 1.82) is 0 Å². The third-order valence-electron chi connectivity index (χ3n) is 7.71. The van der Waals surface area contributed by atoms with Crippen LogP contribution in [0.1, 0.15) is 101 Å². The lowest BCUT2D eigenvalue weighted by Gasteiger charge is -2.35. The van der Waals surface area contributed by atoms with E-state index in [0.717, 1.165) is 36.4 Å². The molecule has 1 aromatic rings. The second-order valence-electron chi connectivity index (χ2n) is 10.0. The number of nitrogens with zero attached hydrogens (tertiary/aromatic N) is 1. The topological polar surface area (TPSA) is 48.0 Å². The van der Waals surface area contributed by atoms with Crippen molar-refractivity contribution in [3.05, 3.63) is 17.2 Å². The summed E-state index contributed by atoms with van der Waals surface area (Å²) in [6.45, 7) is 1.17. The monoisotopic (exact) mass is 443 g/mol. The van der Waals surface area contributed by atoms with Crippen LogP contribution in [0.2, 0.25) is 0 Å². The fourth-order valence-electron chi connectivity index (χ4n) is 5.86. The molecule has 1 aliphatic carbocycles. The lowest BCUT2D eigenvalue weighted by atomic mass is 9.85. The smallest absolute Gasteiger partial charge is 0.231 e. The molecule has 0 radical (unpaired) electrons. The van der Waals surface area contributed by atoms with E-state index in [4.69, 9.17) is 14.2 Å². The quantitative estimate of drug-likeness (QED) is 0.540. The van der Waals surface area contributed by atoms with Gasteiger partial charge in [0.1, 0.15) is 5.78 Å². The highest BCUT2D eigenvalue weighted by molar-refractivity contribution is 5.80. The molecule has 4 rings (SSSR count). The van der Waals surface area contributed by atoms with Gasteiger partial charge in [-0.25, -0.2) is 0 Å². The molecule has 0 unspecified atom stereocenters. The van der Waals surface area contributed by atoms with Crippen molar-refractivity contribution in [2.75, 3.05) is 27.5 Å². The fraction of sp³-hybridized carbons (Fsp3) is 0.741. The maximum atomic E-state index is 13.3. The lowest BCUT2D eigenvalue weighted by molar-refractivity contribution is -0.121. The number of likely N-dealkylation sites (N-methyl/N-ethyl adjacent to an activating group) is 1. The summed E-state index contributed by atoms with van der Waals surface area (Å²) in [5.41, 5.74) is 2.35. The van der Waals surface area contributed by atoms with E-state index in [-0.39, 0.29) is 12.8 Å². The Morgan fingerprint density at radius 2 is 1.66 bits per heavy atom. The first kappa shape index (κ1) is 23.4. The first-order valence-corrected chi connectivity index (χ1v) is 12.9. The summed E-state index contributed by atoms with van der Waals surface area (Å²) < 4.78 is 17.1. The molecule has 5 heteroatoms. The van der Waals surface area contributed by atoms with Gasteiger partial charge in [-0.1, -0.05) is 70.6 Å². The van der Waals surface area contributed by atoms with E-state index < -0.39 is 0 Å². The first-order chi connectivity index (χ1) is 15.7. The van der Waals surface area contributed by atoms with Gasteiger partial charge >= 0.3 is 0 Å². The van der Waals surface area contributed by atoms with Crippen LogP contribution < -0.4 is 14.2 Å². The number of fused-ring (bicyclic) bond motifs is 2. The van der Waals surface area contributed by atoms with Crippen molar-refractivity contribution in [1.82, 2.24) is 4.90 Å². The van der Waals surface area contributed by atoms with Gasteiger partial charge in [0.05, 0.1) is 7.11 Å². The molecule has 1 aromatic carbocycles. The van der Waals surface area contributed by atoms with Crippen molar-refractivity contribution >= 4 is 5.78 Å². The van der Waals surface area contributed by atoms with Crippen LogP contribution >= 0.6 is 0 Å². The molecule has 1 fully saturated rings. The second kappa shape index (κ2) is 11.4. The van der Waals surface area contributed by atoms with Crippen LogP contribution in [0.3, 0.4) is 0 Å².